The maximum atomic E-state index is 14.4. The third kappa shape index (κ3) is 4.66. The van der Waals surface area contributed by atoms with Gasteiger partial charge in [0.1, 0.15) is 5.82 Å². The van der Waals surface area contributed by atoms with Gasteiger partial charge in [0.15, 0.2) is 0 Å². The predicted octanol–water partition coefficient (Wildman–Crippen LogP) is 1.47. The number of anilines is 1. The minimum atomic E-state index is -0.151. The van der Waals surface area contributed by atoms with Crippen molar-refractivity contribution in [3.8, 4) is 0 Å². The van der Waals surface area contributed by atoms with Crippen LogP contribution in [0.25, 0.3) is 0 Å². The number of nitrogens with one attached hydrogen (secondary N) is 1. The Morgan fingerprint density at radius 3 is 2.79 bits per heavy atom. The highest BCUT2D eigenvalue weighted by molar-refractivity contribution is 5.49. The van der Waals surface area contributed by atoms with Crippen LogP contribution in [0.1, 0.15) is 12.5 Å². The van der Waals surface area contributed by atoms with E-state index in [1.165, 1.54) is 0 Å². The molecular weight excluding hydrogens is 309 g/mol. The number of nitrogens with zero attached hydrogens (tertiary/aromatic N) is 2. The first-order valence-corrected chi connectivity index (χ1v) is 8.92. The molecule has 2 saturated heterocycles. The van der Waals surface area contributed by atoms with E-state index < -0.39 is 0 Å². The molecule has 0 aliphatic carbocycles. The van der Waals surface area contributed by atoms with Gasteiger partial charge >= 0.3 is 0 Å². The molecule has 2 aliphatic heterocycles. The lowest BCUT2D eigenvalue weighted by atomic mass is 10.1. The molecule has 134 valence electrons. The molecule has 0 bridgehead atoms. The fourth-order valence-electron chi connectivity index (χ4n) is 3.29. The molecule has 1 N–H and O–H groups in total. The molecule has 0 radical (unpaired) electrons. The van der Waals surface area contributed by atoms with Crippen LogP contribution in [0.4, 0.5) is 10.1 Å². The van der Waals surface area contributed by atoms with Crippen LogP contribution in [0, 0.1) is 5.82 Å². The van der Waals surface area contributed by atoms with Crippen molar-refractivity contribution in [2.45, 2.75) is 19.6 Å². The molecule has 0 aromatic heterocycles. The second-order valence-electron chi connectivity index (χ2n) is 6.40. The van der Waals surface area contributed by atoms with Crippen LogP contribution in [-0.2, 0) is 16.0 Å². The summed E-state index contributed by atoms with van der Waals surface area (Å²) in [6, 6.07) is 5.52. The van der Waals surface area contributed by atoms with Gasteiger partial charge in [-0.15, -0.1) is 0 Å². The van der Waals surface area contributed by atoms with Gasteiger partial charge in [-0.1, -0.05) is 13.0 Å². The van der Waals surface area contributed by atoms with Crippen LogP contribution in [-0.4, -0.2) is 70.1 Å². The number of benzene rings is 1. The average molecular weight is 337 g/mol. The van der Waals surface area contributed by atoms with Crippen LogP contribution >= 0.6 is 0 Å². The summed E-state index contributed by atoms with van der Waals surface area (Å²) in [5.74, 6) is -0.151. The van der Waals surface area contributed by atoms with Crippen molar-refractivity contribution < 1.29 is 13.9 Å². The van der Waals surface area contributed by atoms with Gasteiger partial charge in [0.2, 0.25) is 0 Å². The zero-order valence-electron chi connectivity index (χ0n) is 14.5. The lowest BCUT2D eigenvalue weighted by Gasteiger charge is -2.32. The number of morpholine rings is 2. The molecule has 1 atom stereocenters. The highest BCUT2D eigenvalue weighted by atomic mass is 19.1. The van der Waals surface area contributed by atoms with Gasteiger partial charge in [-0.05, 0) is 24.2 Å². The molecule has 1 unspecified atom stereocenters. The first-order chi connectivity index (χ1) is 11.8. The standard InChI is InChI=1S/C18H28FN3O2/c1-2-21-5-10-24-16(14-21)13-20-12-15-3-4-18(17(19)11-15)22-6-8-23-9-7-22/h3-4,11,16,20H,2,5-10,12-14H2,1H3. The molecule has 2 aliphatic rings. The summed E-state index contributed by atoms with van der Waals surface area (Å²) in [6.07, 6.45) is 0.219. The molecule has 2 heterocycles. The summed E-state index contributed by atoms with van der Waals surface area (Å²) in [5.41, 5.74) is 1.64. The second-order valence-corrected chi connectivity index (χ2v) is 6.40. The molecule has 1 aromatic carbocycles. The predicted molar refractivity (Wildman–Crippen MR) is 93.0 cm³/mol. The van der Waals surface area contributed by atoms with Crippen molar-refractivity contribution in [1.29, 1.82) is 0 Å². The van der Waals surface area contributed by atoms with Crippen LogP contribution in [0.15, 0.2) is 18.2 Å². The summed E-state index contributed by atoms with van der Waals surface area (Å²) < 4.78 is 25.5. The maximum absolute atomic E-state index is 14.4. The Morgan fingerprint density at radius 2 is 2.04 bits per heavy atom. The Hall–Kier alpha value is -1.21. The summed E-state index contributed by atoms with van der Waals surface area (Å²) in [5, 5.41) is 3.39. The zero-order chi connectivity index (χ0) is 16.8. The Bertz CT molecular complexity index is 523. The lowest BCUT2D eigenvalue weighted by Crippen LogP contribution is -2.46. The molecule has 0 amide bonds. The molecule has 3 rings (SSSR count). The first-order valence-electron chi connectivity index (χ1n) is 8.92. The highest BCUT2D eigenvalue weighted by Gasteiger charge is 2.19. The molecule has 24 heavy (non-hydrogen) atoms. The highest BCUT2D eigenvalue weighted by Crippen LogP contribution is 2.21. The quantitative estimate of drug-likeness (QED) is 0.851. The molecule has 5 nitrogen and oxygen atoms in total. The van der Waals surface area contributed by atoms with Crippen molar-refractivity contribution in [1.82, 2.24) is 10.2 Å². The fraction of sp³-hybridized carbons (Fsp3) is 0.667. The van der Waals surface area contributed by atoms with Crippen LogP contribution in [0.5, 0.6) is 0 Å². The number of rotatable bonds is 6. The topological polar surface area (TPSA) is 37.0 Å². The maximum Gasteiger partial charge on any atom is 0.146 e. The Kier molecular flexibility index (Phi) is 6.43. The third-order valence-electron chi connectivity index (χ3n) is 4.74. The van der Waals surface area contributed by atoms with Crippen LogP contribution in [0.3, 0.4) is 0 Å². The summed E-state index contributed by atoms with van der Waals surface area (Å²) in [6.45, 7) is 10.3. The van der Waals surface area contributed by atoms with E-state index >= 15 is 0 Å². The Balaban J connectivity index is 1.48. The third-order valence-corrected chi connectivity index (χ3v) is 4.74. The summed E-state index contributed by atoms with van der Waals surface area (Å²) in [7, 11) is 0. The van der Waals surface area contributed by atoms with Gasteiger partial charge in [-0.3, -0.25) is 4.90 Å². The monoisotopic (exact) mass is 337 g/mol. The van der Waals surface area contributed by atoms with Gasteiger partial charge in [-0.2, -0.15) is 0 Å². The van der Waals surface area contributed by atoms with Crippen molar-refractivity contribution in [3.63, 3.8) is 0 Å². The van der Waals surface area contributed by atoms with E-state index in [2.05, 4.69) is 17.1 Å². The Labute approximate surface area is 143 Å². The molecule has 0 saturated carbocycles. The van der Waals surface area contributed by atoms with E-state index in [-0.39, 0.29) is 11.9 Å². The first kappa shape index (κ1) is 17.6. The van der Waals surface area contributed by atoms with Gasteiger partial charge in [0, 0.05) is 39.3 Å². The molecule has 2 fully saturated rings. The van der Waals surface area contributed by atoms with Gasteiger partial charge in [0.05, 0.1) is 31.6 Å². The van der Waals surface area contributed by atoms with Crippen molar-refractivity contribution in [2.24, 2.45) is 0 Å². The van der Waals surface area contributed by atoms with Crippen LogP contribution < -0.4 is 10.2 Å². The molecule has 6 heteroatoms. The Morgan fingerprint density at radius 1 is 1.21 bits per heavy atom. The van der Waals surface area contributed by atoms with Gasteiger partial charge in [-0.25, -0.2) is 4.39 Å². The zero-order valence-corrected chi connectivity index (χ0v) is 14.5. The number of likely N-dealkylation sites (N-methyl/N-ethyl adjacent to an activating group) is 1. The number of halogens is 1. The second kappa shape index (κ2) is 8.76. The largest absolute Gasteiger partial charge is 0.378 e. The minimum absolute atomic E-state index is 0.151. The average Bonchev–Trinajstić information content (AvgIpc) is 2.63. The van der Waals surface area contributed by atoms with E-state index in [1.807, 2.05) is 17.0 Å². The number of ether oxygens (including phenoxy) is 2. The van der Waals surface area contributed by atoms with Crippen molar-refractivity contribution in [2.75, 3.05) is 64.0 Å². The SMILES string of the molecule is CCN1CCOC(CNCc2ccc(N3CCOCC3)c(F)c2)C1. The molecule has 0 spiro atoms. The minimum Gasteiger partial charge on any atom is -0.378 e. The van der Waals surface area contributed by atoms with E-state index in [0.717, 1.165) is 51.4 Å². The summed E-state index contributed by atoms with van der Waals surface area (Å²) in [4.78, 5) is 4.44. The van der Waals surface area contributed by atoms with E-state index in [4.69, 9.17) is 9.47 Å². The smallest absolute Gasteiger partial charge is 0.146 e. The number of hydrogen-bond donors (Lipinski definition) is 1. The van der Waals surface area contributed by atoms with E-state index in [1.54, 1.807) is 6.07 Å². The summed E-state index contributed by atoms with van der Waals surface area (Å²) >= 11 is 0. The van der Waals surface area contributed by atoms with Gasteiger partial charge < -0.3 is 19.7 Å². The number of hydrogen-bond acceptors (Lipinski definition) is 5. The normalized spacial score (nSPS) is 22.8. The van der Waals surface area contributed by atoms with E-state index in [9.17, 15) is 4.39 Å². The van der Waals surface area contributed by atoms with Crippen molar-refractivity contribution >= 4 is 5.69 Å². The lowest BCUT2D eigenvalue weighted by molar-refractivity contribution is -0.0253. The fourth-order valence-corrected chi connectivity index (χ4v) is 3.29. The molecule has 1 aromatic rings. The van der Waals surface area contributed by atoms with Gasteiger partial charge in [0.25, 0.3) is 0 Å². The van der Waals surface area contributed by atoms with Crippen molar-refractivity contribution in [3.05, 3.63) is 29.6 Å². The van der Waals surface area contributed by atoms with E-state index in [0.29, 0.717) is 25.4 Å². The van der Waals surface area contributed by atoms with Crippen LogP contribution in [0.2, 0.25) is 0 Å². The molecular formula is C18H28FN3O2.